The molecule has 2 heterocycles. The zero-order valence-corrected chi connectivity index (χ0v) is 20.9. The first-order chi connectivity index (χ1) is 14.1. The Balaban J connectivity index is 2.12. The number of nitrogens with zero attached hydrogens (tertiary/aromatic N) is 4. The molecular formula is C20H40N6O3Si. The standard InChI is InChI=1S/C20H40N6O3Si/c1-12(2)30(13(3)4,14(5)6)28-11-16-15(27)10-17(29-16)26(9)20-24-18(21-7)23-19(22-8)25-20/h12-17,27H,10-11H2,1-9H3,(H2,21,22,23,24,25)/t15-,16+,17+/m0/s1. The first kappa shape index (κ1) is 24.8. The van der Waals surface area contributed by atoms with E-state index in [9.17, 15) is 5.11 Å². The van der Waals surface area contributed by atoms with Crippen molar-refractivity contribution < 1.29 is 14.3 Å². The summed E-state index contributed by atoms with van der Waals surface area (Å²) in [4.78, 5) is 14.9. The molecule has 0 amide bonds. The second-order valence-corrected chi connectivity index (χ2v) is 14.4. The Bertz CT molecular complexity index is 646. The van der Waals surface area contributed by atoms with E-state index in [0.29, 0.717) is 47.5 Å². The number of hydrogen-bond acceptors (Lipinski definition) is 9. The van der Waals surface area contributed by atoms with Gasteiger partial charge in [0.1, 0.15) is 12.3 Å². The number of nitrogens with one attached hydrogen (secondary N) is 2. The zero-order valence-electron chi connectivity index (χ0n) is 19.9. The molecule has 172 valence electrons. The Hall–Kier alpha value is -1.49. The van der Waals surface area contributed by atoms with Gasteiger partial charge in [0.05, 0.1) is 12.7 Å². The monoisotopic (exact) mass is 440 g/mol. The molecule has 9 nitrogen and oxygen atoms in total. The molecule has 2 rings (SSSR count). The van der Waals surface area contributed by atoms with Crippen LogP contribution in [0.25, 0.3) is 0 Å². The van der Waals surface area contributed by atoms with Crippen molar-refractivity contribution in [3.05, 3.63) is 0 Å². The third-order valence-corrected chi connectivity index (χ3v) is 12.3. The van der Waals surface area contributed by atoms with E-state index in [-0.39, 0.29) is 12.3 Å². The molecule has 0 aliphatic carbocycles. The van der Waals surface area contributed by atoms with Crippen LogP contribution in [0, 0.1) is 0 Å². The van der Waals surface area contributed by atoms with Gasteiger partial charge in [0.2, 0.25) is 17.8 Å². The van der Waals surface area contributed by atoms with Crippen LogP contribution in [-0.4, -0.2) is 74.6 Å². The van der Waals surface area contributed by atoms with Crippen molar-refractivity contribution in [1.29, 1.82) is 0 Å². The highest BCUT2D eigenvalue weighted by atomic mass is 28.4. The van der Waals surface area contributed by atoms with Crippen molar-refractivity contribution in [1.82, 2.24) is 15.0 Å². The number of aromatic nitrogens is 3. The van der Waals surface area contributed by atoms with Crippen LogP contribution in [0.5, 0.6) is 0 Å². The van der Waals surface area contributed by atoms with E-state index in [4.69, 9.17) is 9.16 Å². The molecule has 0 spiro atoms. The minimum absolute atomic E-state index is 0.335. The number of rotatable bonds is 10. The number of hydrogen-bond donors (Lipinski definition) is 3. The lowest BCUT2D eigenvalue weighted by molar-refractivity contribution is -0.0192. The molecule has 0 aromatic carbocycles. The van der Waals surface area contributed by atoms with Gasteiger partial charge in [-0.25, -0.2) is 0 Å². The second kappa shape index (κ2) is 10.2. The highest BCUT2D eigenvalue weighted by Gasteiger charge is 2.47. The molecule has 0 saturated carbocycles. The predicted molar refractivity (Wildman–Crippen MR) is 124 cm³/mol. The molecular weight excluding hydrogens is 400 g/mol. The summed E-state index contributed by atoms with van der Waals surface area (Å²) in [6, 6.07) is 0. The van der Waals surface area contributed by atoms with Crippen LogP contribution in [0.3, 0.4) is 0 Å². The molecule has 10 heteroatoms. The summed E-state index contributed by atoms with van der Waals surface area (Å²) < 4.78 is 12.9. The van der Waals surface area contributed by atoms with Gasteiger partial charge in [0.15, 0.2) is 8.32 Å². The van der Waals surface area contributed by atoms with Gasteiger partial charge < -0.3 is 29.8 Å². The molecule has 1 aromatic rings. The van der Waals surface area contributed by atoms with Crippen LogP contribution in [-0.2, 0) is 9.16 Å². The van der Waals surface area contributed by atoms with Crippen LogP contribution < -0.4 is 15.5 Å². The average Bonchev–Trinajstić information content (AvgIpc) is 3.07. The van der Waals surface area contributed by atoms with E-state index in [1.165, 1.54) is 0 Å². The molecule has 0 unspecified atom stereocenters. The van der Waals surface area contributed by atoms with Crippen molar-refractivity contribution in [2.24, 2.45) is 0 Å². The first-order valence-electron chi connectivity index (χ1n) is 10.9. The van der Waals surface area contributed by atoms with Crippen LogP contribution >= 0.6 is 0 Å². The van der Waals surface area contributed by atoms with E-state index < -0.39 is 14.4 Å². The normalized spacial score (nSPS) is 22.2. The fourth-order valence-electron chi connectivity index (χ4n) is 4.71. The van der Waals surface area contributed by atoms with E-state index in [1.807, 2.05) is 11.9 Å². The predicted octanol–water partition coefficient (Wildman–Crippen LogP) is 3.06. The third kappa shape index (κ3) is 5.04. The van der Waals surface area contributed by atoms with Crippen LogP contribution in [0.15, 0.2) is 0 Å². The van der Waals surface area contributed by atoms with Gasteiger partial charge >= 0.3 is 0 Å². The third-order valence-electron chi connectivity index (χ3n) is 6.23. The van der Waals surface area contributed by atoms with Gasteiger partial charge in [-0.1, -0.05) is 41.5 Å². The minimum atomic E-state index is -2.02. The fraction of sp³-hybridized carbons (Fsp3) is 0.850. The smallest absolute Gasteiger partial charge is 0.233 e. The van der Waals surface area contributed by atoms with E-state index in [1.54, 1.807) is 14.1 Å². The van der Waals surface area contributed by atoms with Crippen LogP contribution in [0.2, 0.25) is 16.6 Å². The largest absolute Gasteiger partial charge is 0.413 e. The Morgan fingerprint density at radius 2 is 1.53 bits per heavy atom. The Morgan fingerprint density at radius 3 is 1.97 bits per heavy atom. The lowest BCUT2D eigenvalue weighted by Gasteiger charge is -2.42. The number of anilines is 3. The molecule has 30 heavy (non-hydrogen) atoms. The van der Waals surface area contributed by atoms with Crippen LogP contribution in [0.1, 0.15) is 48.0 Å². The van der Waals surface area contributed by atoms with Crippen molar-refractivity contribution in [3.63, 3.8) is 0 Å². The second-order valence-electron chi connectivity index (χ2n) is 8.95. The van der Waals surface area contributed by atoms with Crippen molar-refractivity contribution in [3.8, 4) is 0 Å². The molecule has 3 N–H and O–H groups in total. The van der Waals surface area contributed by atoms with Crippen molar-refractivity contribution in [2.75, 3.05) is 43.3 Å². The van der Waals surface area contributed by atoms with Crippen molar-refractivity contribution >= 4 is 26.2 Å². The molecule has 1 aliphatic heterocycles. The maximum absolute atomic E-state index is 10.7. The molecule has 1 aromatic heterocycles. The summed E-state index contributed by atoms with van der Waals surface area (Å²) in [6.07, 6.45) is -0.821. The summed E-state index contributed by atoms with van der Waals surface area (Å²) >= 11 is 0. The van der Waals surface area contributed by atoms with Gasteiger partial charge in [-0.05, 0) is 16.6 Å². The molecule has 1 aliphatic rings. The summed E-state index contributed by atoms with van der Waals surface area (Å²) in [5, 5.41) is 16.6. The van der Waals surface area contributed by atoms with E-state index in [0.717, 1.165) is 0 Å². The minimum Gasteiger partial charge on any atom is -0.413 e. The Morgan fingerprint density at radius 1 is 1.03 bits per heavy atom. The quantitative estimate of drug-likeness (QED) is 0.473. The number of aliphatic hydroxyl groups is 1. The van der Waals surface area contributed by atoms with Crippen molar-refractivity contribution in [2.45, 2.75) is 83.0 Å². The topological polar surface area (TPSA) is 105 Å². The zero-order chi connectivity index (χ0) is 22.6. The summed E-state index contributed by atoms with van der Waals surface area (Å²) in [6.45, 7) is 14.0. The summed E-state index contributed by atoms with van der Waals surface area (Å²) in [7, 11) is 3.37. The van der Waals surface area contributed by atoms with Gasteiger partial charge in [-0.2, -0.15) is 15.0 Å². The Labute approximate surface area is 182 Å². The average molecular weight is 441 g/mol. The first-order valence-corrected chi connectivity index (χ1v) is 13.0. The van der Waals surface area contributed by atoms with E-state index >= 15 is 0 Å². The number of ether oxygens (including phenoxy) is 1. The molecule has 1 fully saturated rings. The fourth-order valence-corrected chi connectivity index (χ4v) is 10.2. The highest BCUT2D eigenvalue weighted by molar-refractivity contribution is 6.77. The molecule has 3 atom stereocenters. The maximum atomic E-state index is 10.7. The molecule has 1 saturated heterocycles. The maximum Gasteiger partial charge on any atom is 0.233 e. The summed E-state index contributed by atoms with van der Waals surface area (Å²) in [5.41, 5.74) is 1.46. The van der Waals surface area contributed by atoms with Crippen LogP contribution in [0.4, 0.5) is 17.8 Å². The SMILES string of the molecule is CNc1nc(NC)nc(N(C)[C@H]2C[C@H](O)[C@@H](CO[Si](C(C)C)(C(C)C)C(C)C)O2)n1. The van der Waals surface area contributed by atoms with E-state index in [2.05, 4.69) is 67.1 Å². The van der Waals surface area contributed by atoms with Gasteiger partial charge in [0, 0.05) is 27.6 Å². The molecule has 0 bridgehead atoms. The Kier molecular flexibility index (Phi) is 8.43. The highest BCUT2D eigenvalue weighted by Crippen LogP contribution is 2.42. The van der Waals surface area contributed by atoms with Gasteiger partial charge in [0.25, 0.3) is 0 Å². The lowest BCUT2D eigenvalue weighted by Crippen LogP contribution is -2.49. The lowest BCUT2D eigenvalue weighted by atomic mass is 10.2. The summed E-state index contributed by atoms with van der Waals surface area (Å²) in [5.74, 6) is 1.42. The molecule has 0 radical (unpaired) electrons. The number of aliphatic hydroxyl groups excluding tert-OH is 1. The van der Waals surface area contributed by atoms with Gasteiger partial charge in [-0.15, -0.1) is 0 Å². The van der Waals surface area contributed by atoms with Gasteiger partial charge in [-0.3, -0.25) is 0 Å².